The summed E-state index contributed by atoms with van der Waals surface area (Å²) in [6, 6.07) is 7.23. The number of thiophene rings is 1. The van der Waals surface area contributed by atoms with Crippen molar-refractivity contribution in [2.75, 3.05) is 19.6 Å². The Morgan fingerprint density at radius 3 is 2.92 bits per heavy atom. The summed E-state index contributed by atoms with van der Waals surface area (Å²) in [6.45, 7) is 1.86. The number of hydrazone groups is 1. The lowest BCUT2D eigenvalue weighted by Crippen LogP contribution is -2.40. The van der Waals surface area contributed by atoms with Gasteiger partial charge in [-0.25, -0.2) is 13.8 Å². The molecule has 1 atom stereocenters. The molecule has 1 amide bonds. The van der Waals surface area contributed by atoms with Crippen molar-refractivity contribution < 1.29 is 18.0 Å². The molecule has 0 aromatic carbocycles. The molecule has 1 aliphatic heterocycles. The van der Waals surface area contributed by atoms with Crippen molar-refractivity contribution in [1.29, 1.82) is 0 Å². The fraction of sp³-hybridized carbons (Fsp3) is 0.444. The lowest BCUT2D eigenvalue weighted by molar-refractivity contribution is -0.134. The fourth-order valence-electron chi connectivity index (χ4n) is 3.04. The average Bonchev–Trinajstić information content (AvgIpc) is 3.34. The summed E-state index contributed by atoms with van der Waals surface area (Å²) in [4.78, 5) is 15.3. The van der Waals surface area contributed by atoms with Crippen LogP contribution in [-0.2, 0) is 4.79 Å². The highest BCUT2D eigenvalue weighted by atomic mass is 32.1. The number of furan rings is 1. The van der Waals surface area contributed by atoms with E-state index in [1.54, 1.807) is 29.7 Å². The Balaban J connectivity index is 1.79. The Kier molecular flexibility index (Phi) is 6.16. The largest absolute Gasteiger partial charge is 0.463 e. The van der Waals surface area contributed by atoms with E-state index in [1.165, 1.54) is 9.91 Å². The maximum Gasteiger partial charge on any atom is 0.257 e. The van der Waals surface area contributed by atoms with Gasteiger partial charge in [0.25, 0.3) is 12.3 Å². The highest BCUT2D eigenvalue weighted by molar-refractivity contribution is 7.10. The van der Waals surface area contributed by atoms with Crippen LogP contribution in [0, 0.1) is 0 Å². The van der Waals surface area contributed by atoms with E-state index in [4.69, 9.17) is 4.42 Å². The van der Waals surface area contributed by atoms with E-state index >= 15 is 0 Å². The molecule has 2 aromatic heterocycles. The van der Waals surface area contributed by atoms with Gasteiger partial charge in [0, 0.05) is 11.3 Å². The molecule has 0 fully saturated rings. The summed E-state index contributed by atoms with van der Waals surface area (Å²) in [5.41, 5.74) is 0.692. The van der Waals surface area contributed by atoms with Crippen LogP contribution in [0.4, 0.5) is 8.78 Å². The topological polar surface area (TPSA) is 49.1 Å². The molecule has 0 N–H and O–H groups in total. The van der Waals surface area contributed by atoms with Crippen molar-refractivity contribution in [1.82, 2.24) is 9.91 Å². The molecule has 5 nitrogen and oxygen atoms in total. The molecule has 3 rings (SSSR count). The summed E-state index contributed by atoms with van der Waals surface area (Å²) in [5, 5.41) is 7.84. The van der Waals surface area contributed by atoms with Crippen LogP contribution in [0.25, 0.3) is 0 Å². The maximum absolute atomic E-state index is 12.8. The highest BCUT2D eigenvalue weighted by Crippen LogP contribution is 2.35. The van der Waals surface area contributed by atoms with Crippen LogP contribution in [0.3, 0.4) is 0 Å². The Bertz CT molecular complexity index is 732. The van der Waals surface area contributed by atoms with Gasteiger partial charge >= 0.3 is 0 Å². The summed E-state index contributed by atoms with van der Waals surface area (Å²) in [7, 11) is 0. The van der Waals surface area contributed by atoms with Crippen molar-refractivity contribution in [2.24, 2.45) is 5.10 Å². The lowest BCUT2D eigenvalue weighted by Gasteiger charge is -2.25. The molecule has 0 aliphatic carbocycles. The van der Waals surface area contributed by atoms with Crippen molar-refractivity contribution >= 4 is 23.0 Å². The first kappa shape index (κ1) is 18.7. The first-order valence-corrected chi connectivity index (χ1v) is 9.43. The van der Waals surface area contributed by atoms with E-state index in [0.29, 0.717) is 30.9 Å². The third kappa shape index (κ3) is 4.37. The van der Waals surface area contributed by atoms with Gasteiger partial charge in [-0.3, -0.25) is 9.69 Å². The number of amides is 1. The number of hydrogen-bond donors (Lipinski definition) is 0. The number of nitrogens with zero attached hydrogens (tertiary/aromatic N) is 3. The Hall–Kier alpha value is -2.06. The van der Waals surface area contributed by atoms with Crippen LogP contribution in [0.5, 0.6) is 0 Å². The first-order chi connectivity index (χ1) is 12.6. The van der Waals surface area contributed by atoms with Gasteiger partial charge in [0.15, 0.2) is 0 Å². The Labute approximate surface area is 154 Å². The van der Waals surface area contributed by atoms with E-state index in [9.17, 15) is 13.6 Å². The molecular formula is C18H21F2N3O2S. The van der Waals surface area contributed by atoms with Crippen LogP contribution < -0.4 is 0 Å². The fourth-order valence-corrected chi connectivity index (χ4v) is 3.86. The van der Waals surface area contributed by atoms with Gasteiger partial charge in [-0.1, -0.05) is 13.0 Å². The van der Waals surface area contributed by atoms with Crippen LogP contribution in [0.2, 0.25) is 0 Å². The van der Waals surface area contributed by atoms with Crippen molar-refractivity contribution in [3.8, 4) is 0 Å². The minimum Gasteiger partial charge on any atom is -0.463 e. The summed E-state index contributed by atoms with van der Waals surface area (Å²) in [5.74, 6) is 0.346. The quantitative estimate of drug-likeness (QED) is 0.695. The van der Waals surface area contributed by atoms with Crippen LogP contribution in [0.1, 0.15) is 36.4 Å². The molecular weight excluding hydrogens is 360 g/mol. The van der Waals surface area contributed by atoms with E-state index in [2.05, 4.69) is 5.10 Å². The molecule has 2 aromatic rings. The average molecular weight is 381 g/mol. The van der Waals surface area contributed by atoms with Gasteiger partial charge in [0.05, 0.1) is 25.4 Å². The zero-order valence-electron chi connectivity index (χ0n) is 14.5. The predicted octanol–water partition coefficient (Wildman–Crippen LogP) is 4.00. The van der Waals surface area contributed by atoms with Crippen molar-refractivity contribution in [3.63, 3.8) is 0 Å². The maximum atomic E-state index is 12.8. The second kappa shape index (κ2) is 8.55. The molecule has 1 unspecified atom stereocenters. The van der Waals surface area contributed by atoms with Crippen molar-refractivity contribution in [2.45, 2.75) is 32.2 Å². The van der Waals surface area contributed by atoms with Gasteiger partial charge in [0.2, 0.25) is 0 Å². The minimum atomic E-state index is -2.47. The van der Waals surface area contributed by atoms with E-state index in [-0.39, 0.29) is 18.5 Å². The lowest BCUT2D eigenvalue weighted by atomic mass is 10.1. The number of hydrogen-bond acceptors (Lipinski definition) is 5. The van der Waals surface area contributed by atoms with Gasteiger partial charge in [-0.05, 0) is 36.5 Å². The number of carbonyl (C=O) groups is 1. The SMILES string of the molecule is CCCN(CC(=O)N1N=C(c2ccco2)CC1c1cccs1)CC(F)F. The minimum absolute atomic E-state index is 0.0744. The molecule has 0 radical (unpaired) electrons. The molecule has 140 valence electrons. The Morgan fingerprint density at radius 1 is 1.46 bits per heavy atom. The molecule has 0 spiro atoms. The zero-order valence-corrected chi connectivity index (χ0v) is 15.3. The van der Waals surface area contributed by atoms with E-state index in [1.807, 2.05) is 24.4 Å². The van der Waals surface area contributed by atoms with Gasteiger partial charge in [0.1, 0.15) is 11.5 Å². The molecule has 0 saturated carbocycles. The number of alkyl halides is 2. The van der Waals surface area contributed by atoms with Gasteiger partial charge in [-0.15, -0.1) is 11.3 Å². The van der Waals surface area contributed by atoms with Crippen LogP contribution in [-0.4, -0.2) is 47.6 Å². The molecule has 3 heterocycles. The monoisotopic (exact) mass is 381 g/mol. The highest BCUT2D eigenvalue weighted by Gasteiger charge is 2.35. The molecule has 0 bridgehead atoms. The third-order valence-corrected chi connectivity index (χ3v) is 5.11. The Morgan fingerprint density at radius 2 is 2.31 bits per heavy atom. The van der Waals surface area contributed by atoms with E-state index < -0.39 is 13.0 Å². The summed E-state index contributed by atoms with van der Waals surface area (Å²) < 4.78 is 31.0. The first-order valence-electron chi connectivity index (χ1n) is 8.55. The third-order valence-electron chi connectivity index (χ3n) is 4.14. The number of rotatable bonds is 8. The summed E-state index contributed by atoms with van der Waals surface area (Å²) in [6.07, 6.45) is 0.342. The summed E-state index contributed by atoms with van der Waals surface area (Å²) >= 11 is 1.55. The van der Waals surface area contributed by atoms with Crippen molar-refractivity contribution in [3.05, 3.63) is 46.5 Å². The molecule has 0 saturated heterocycles. The molecule has 8 heteroatoms. The normalized spacial score (nSPS) is 17.3. The number of carbonyl (C=O) groups excluding carboxylic acids is 1. The van der Waals surface area contributed by atoms with Gasteiger partial charge in [-0.2, -0.15) is 5.10 Å². The van der Waals surface area contributed by atoms with E-state index in [0.717, 1.165) is 4.88 Å². The predicted molar refractivity (Wildman–Crippen MR) is 96.5 cm³/mol. The number of halogens is 2. The molecule has 1 aliphatic rings. The second-order valence-electron chi connectivity index (χ2n) is 6.12. The standard InChI is InChI=1S/C18H21F2N3O2S/c1-2-7-22(11-17(19)20)12-18(24)23-14(16-6-4-9-26-16)10-13(21-23)15-5-3-8-25-15/h3-6,8-9,14,17H,2,7,10-12H2,1H3. The van der Waals surface area contributed by atoms with Crippen LogP contribution in [0.15, 0.2) is 45.4 Å². The molecule has 26 heavy (non-hydrogen) atoms. The smallest absolute Gasteiger partial charge is 0.257 e. The zero-order chi connectivity index (χ0) is 18.5. The second-order valence-corrected chi connectivity index (χ2v) is 7.10. The van der Waals surface area contributed by atoms with Crippen LogP contribution >= 0.6 is 11.3 Å². The van der Waals surface area contributed by atoms with Gasteiger partial charge < -0.3 is 4.42 Å².